The lowest BCUT2D eigenvalue weighted by Crippen LogP contribution is -2.38. The minimum absolute atomic E-state index is 0.349. The molecule has 0 fully saturated rings. The topological polar surface area (TPSA) is 49.3 Å². The number of aliphatic carboxylic acids is 1. The van der Waals surface area contributed by atoms with Crippen molar-refractivity contribution in [3.63, 3.8) is 0 Å². The monoisotopic (exact) mass is 257 g/mol. The van der Waals surface area contributed by atoms with E-state index in [-0.39, 0.29) is 0 Å². The Morgan fingerprint density at radius 2 is 2.12 bits per heavy atom. The predicted octanol–water partition coefficient (Wildman–Crippen LogP) is -0.0901. The minimum atomic E-state index is -0.818. The number of thiol groups is 1. The van der Waals surface area contributed by atoms with E-state index >= 15 is 0 Å². The van der Waals surface area contributed by atoms with Crippen LogP contribution < -0.4 is 5.32 Å². The zero-order chi connectivity index (χ0) is 13.5. The van der Waals surface area contributed by atoms with Gasteiger partial charge in [-0.2, -0.15) is 12.6 Å². The maximum absolute atomic E-state index is 10.5. The van der Waals surface area contributed by atoms with Crippen LogP contribution in [-0.4, -0.2) is 51.4 Å². The Hall–Kier alpha value is -0.0252. The normalized spacial score (nSPS) is 11.0. The smallest absolute Gasteiger partial charge is 0.321 e. The summed E-state index contributed by atoms with van der Waals surface area (Å²) in [6.07, 6.45) is 4.68. The summed E-state index contributed by atoms with van der Waals surface area (Å²) >= 11 is 3.94. The van der Waals surface area contributed by atoms with Crippen LogP contribution in [0.15, 0.2) is 0 Å². The summed E-state index contributed by atoms with van der Waals surface area (Å²) in [4.78, 5) is 10.5. The molecule has 0 radical (unpaired) electrons. The Balaban J connectivity index is 0. The van der Waals surface area contributed by atoms with E-state index in [1.165, 1.54) is 20.6 Å². The molecule has 0 aliphatic rings. The molecule has 7 heteroatoms. The first kappa shape index (κ1) is 19.3. The van der Waals surface area contributed by atoms with E-state index < -0.39 is 12.0 Å². The second kappa shape index (κ2) is 16.0. The summed E-state index contributed by atoms with van der Waals surface area (Å²) in [7, 11) is 4.94. The average Bonchev–Trinajstić information content (AvgIpc) is 2.30. The van der Waals surface area contributed by atoms with Gasteiger partial charge in [-0.15, -0.1) is 0 Å². The first-order valence-electron chi connectivity index (χ1n) is 6.70. The third-order valence-corrected chi connectivity index (χ3v) is 2.72. The van der Waals surface area contributed by atoms with Gasteiger partial charge in [0, 0.05) is 5.75 Å². The van der Waals surface area contributed by atoms with E-state index in [1.807, 2.05) is 0 Å². The van der Waals surface area contributed by atoms with Gasteiger partial charge in [-0.1, -0.05) is 33.0 Å². The molecule has 0 amide bonds. The molecule has 0 heterocycles. The number of nitrogens with one attached hydrogen (secondary N) is 1. The highest BCUT2D eigenvalue weighted by atomic mass is 32.1. The van der Waals surface area contributed by atoms with Crippen LogP contribution in [0, 0.1) is 0 Å². The molecule has 2 N–H and O–H groups in total. The lowest BCUT2D eigenvalue weighted by Gasteiger charge is -2.10. The van der Waals surface area contributed by atoms with Crippen LogP contribution in [-0.2, 0) is 4.79 Å². The molecule has 1 unspecified atom stereocenters. The van der Waals surface area contributed by atoms with Gasteiger partial charge in [-0.25, -0.2) is 0 Å². The molecule has 0 aromatic rings. The van der Waals surface area contributed by atoms with E-state index in [4.69, 9.17) is 5.11 Å². The van der Waals surface area contributed by atoms with E-state index in [0.717, 1.165) is 25.8 Å². The molecule has 0 aliphatic heterocycles. The zero-order valence-corrected chi connectivity index (χ0v) is 12.4. The summed E-state index contributed by atoms with van der Waals surface area (Å²) < 4.78 is 0. The van der Waals surface area contributed by atoms with Gasteiger partial charge in [0.1, 0.15) is 6.04 Å². The Morgan fingerprint density at radius 1 is 1.47 bits per heavy atom. The second-order valence-corrected chi connectivity index (χ2v) is 4.45. The van der Waals surface area contributed by atoms with Gasteiger partial charge in [0.2, 0.25) is 0 Å². The van der Waals surface area contributed by atoms with Crippen molar-refractivity contribution in [1.29, 1.82) is 0 Å². The minimum Gasteiger partial charge on any atom is -0.480 e. The van der Waals surface area contributed by atoms with Crippen molar-refractivity contribution in [3.8, 4) is 0 Å². The molecule has 3 nitrogen and oxygen atoms in total. The van der Waals surface area contributed by atoms with Crippen LogP contribution in [0.25, 0.3) is 0 Å². The molecule has 0 saturated heterocycles. The van der Waals surface area contributed by atoms with Gasteiger partial charge in [0.15, 0.2) is 0 Å². The van der Waals surface area contributed by atoms with Crippen molar-refractivity contribution in [2.75, 3.05) is 12.3 Å². The molecule has 0 saturated carbocycles. The summed E-state index contributed by atoms with van der Waals surface area (Å²) in [6.45, 7) is 5.10. The maximum atomic E-state index is 10.5. The molecule has 0 bridgehead atoms. The highest BCUT2D eigenvalue weighted by Gasteiger charge is 2.12. The standard InChI is InChI=1S/C8H17NO2S.C2H9B3/c1-2-3-4-5-9-7(6-12)8(10)11;1-2-4-5-3/h7,9,12H,2-6H2,1H3,(H,10,11);4-5H,2-3H2,1H3. The van der Waals surface area contributed by atoms with Gasteiger partial charge in [-0.3, -0.25) is 4.79 Å². The van der Waals surface area contributed by atoms with Crippen molar-refractivity contribution in [2.45, 2.75) is 45.5 Å². The van der Waals surface area contributed by atoms with Gasteiger partial charge in [0.05, 0.1) is 22.0 Å². The molecule has 0 aromatic heterocycles. The molecule has 0 aliphatic carbocycles. The van der Waals surface area contributed by atoms with Crippen molar-refractivity contribution in [2.24, 2.45) is 0 Å². The maximum Gasteiger partial charge on any atom is 0.321 e. The fourth-order valence-electron chi connectivity index (χ4n) is 1.23. The predicted molar refractivity (Wildman–Crippen MR) is 86.1 cm³/mol. The van der Waals surface area contributed by atoms with Gasteiger partial charge >= 0.3 is 5.97 Å². The Kier molecular flexibility index (Phi) is 18.2. The fourth-order valence-corrected chi connectivity index (χ4v) is 1.52. The second-order valence-electron chi connectivity index (χ2n) is 4.09. The van der Waals surface area contributed by atoms with E-state index in [1.54, 1.807) is 0 Å². The lowest BCUT2D eigenvalue weighted by molar-refractivity contribution is -0.138. The Bertz CT molecular complexity index is 174. The van der Waals surface area contributed by atoms with E-state index in [0.29, 0.717) is 5.75 Å². The zero-order valence-electron chi connectivity index (χ0n) is 11.5. The number of hydrogen-bond donors (Lipinski definition) is 3. The average molecular weight is 257 g/mol. The van der Waals surface area contributed by atoms with Crippen molar-refractivity contribution in [1.82, 2.24) is 5.32 Å². The molecule has 98 valence electrons. The fraction of sp³-hybridized carbons (Fsp3) is 0.900. The van der Waals surface area contributed by atoms with Gasteiger partial charge in [-0.05, 0) is 13.0 Å². The summed E-state index contributed by atoms with van der Waals surface area (Å²) in [5.74, 6) is -0.469. The quantitative estimate of drug-likeness (QED) is 0.307. The summed E-state index contributed by atoms with van der Waals surface area (Å²) in [6, 6.07) is -0.495. The molecule has 17 heavy (non-hydrogen) atoms. The number of carbonyl (C=O) groups is 1. The Morgan fingerprint density at radius 3 is 2.41 bits per heavy atom. The Labute approximate surface area is 114 Å². The largest absolute Gasteiger partial charge is 0.480 e. The third-order valence-electron chi connectivity index (χ3n) is 2.36. The van der Waals surface area contributed by atoms with Gasteiger partial charge < -0.3 is 10.4 Å². The molecular formula is C10H26B3NO2S. The van der Waals surface area contributed by atoms with Crippen LogP contribution >= 0.6 is 12.6 Å². The van der Waals surface area contributed by atoms with Crippen LogP contribution in [0.3, 0.4) is 0 Å². The lowest BCUT2D eigenvalue weighted by atomic mass is 9.27. The first-order chi connectivity index (χ1) is 8.13. The summed E-state index contributed by atoms with van der Waals surface area (Å²) in [5, 5.41) is 11.5. The van der Waals surface area contributed by atoms with Crippen molar-refractivity contribution >= 4 is 40.6 Å². The van der Waals surface area contributed by atoms with Crippen LogP contribution in [0.2, 0.25) is 6.32 Å². The van der Waals surface area contributed by atoms with Crippen molar-refractivity contribution in [3.05, 3.63) is 0 Å². The first-order valence-corrected chi connectivity index (χ1v) is 7.34. The number of carboxylic acid groups (broad SMARTS) is 1. The van der Waals surface area contributed by atoms with Crippen LogP contribution in [0.1, 0.15) is 33.1 Å². The SMILES string of the molecule is BBBCC.CCCCCNC(CS)C(=O)O. The van der Waals surface area contributed by atoms with E-state index in [9.17, 15) is 4.79 Å². The number of carboxylic acids is 1. The van der Waals surface area contributed by atoms with Crippen LogP contribution in [0.4, 0.5) is 0 Å². The van der Waals surface area contributed by atoms with Crippen LogP contribution in [0.5, 0.6) is 0 Å². The highest BCUT2D eigenvalue weighted by molar-refractivity contribution is 7.80. The number of rotatable bonds is 9. The summed E-state index contributed by atoms with van der Waals surface area (Å²) in [5.41, 5.74) is 0. The molecule has 0 rings (SSSR count). The number of unbranched alkanes of at least 4 members (excludes halogenated alkanes) is 2. The van der Waals surface area contributed by atoms with Crippen molar-refractivity contribution < 1.29 is 9.90 Å². The number of hydrogen-bond acceptors (Lipinski definition) is 3. The molecule has 1 atom stereocenters. The third kappa shape index (κ3) is 16.0. The van der Waals surface area contributed by atoms with E-state index in [2.05, 4.69) is 39.5 Å². The molecule has 0 aromatic carbocycles. The molecular weight excluding hydrogens is 231 g/mol. The highest BCUT2D eigenvalue weighted by Crippen LogP contribution is 1.93. The molecule has 0 spiro atoms. The van der Waals surface area contributed by atoms with Gasteiger partial charge in [0.25, 0.3) is 0 Å².